The smallest absolute Gasteiger partial charge is 0.328 e. The number of benzene rings is 1. The minimum atomic E-state index is -0.894. The van der Waals surface area contributed by atoms with Crippen molar-refractivity contribution in [2.45, 2.75) is 23.5 Å². The minimum absolute atomic E-state index is 0.0447. The van der Waals surface area contributed by atoms with Gasteiger partial charge in [-0.15, -0.1) is 11.8 Å². The Morgan fingerprint density at radius 2 is 1.97 bits per heavy atom. The summed E-state index contributed by atoms with van der Waals surface area (Å²) in [5.74, 6) is -1.23. The predicted octanol–water partition coefficient (Wildman–Crippen LogP) is 0.293. The zero-order valence-electron chi connectivity index (χ0n) is 16.3. The molecule has 9 nitrogen and oxygen atoms in total. The van der Waals surface area contributed by atoms with E-state index < -0.39 is 35.4 Å². The summed E-state index contributed by atoms with van der Waals surface area (Å²) >= 11 is 1.35. The fourth-order valence-electron chi connectivity index (χ4n) is 3.13. The van der Waals surface area contributed by atoms with Crippen LogP contribution in [0.4, 0.5) is 5.69 Å². The number of carbonyl (C=O) groups is 3. The number of pyridine rings is 1. The third-order valence-corrected chi connectivity index (χ3v) is 5.74. The fraction of sp³-hybridized carbons (Fsp3) is 0.300. The van der Waals surface area contributed by atoms with Crippen LogP contribution in [0.25, 0.3) is 0 Å². The van der Waals surface area contributed by atoms with Crippen molar-refractivity contribution in [3.63, 3.8) is 0 Å². The van der Waals surface area contributed by atoms with Crippen LogP contribution in [0.5, 0.6) is 0 Å². The van der Waals surface area contributed by atoms with Crippen molar-refractivity contribution in [2.24, 2.45) is 5.73 Å². The van der Waals surface area contributed by atoms with Crippen LogP contribution < -0.4 is 21.9 Å². The molecule has 1 aromatic carbocycles. The van der Waals surface area contributed by atoms with Gasteiger partial charge >= 0.3 is 5.97 Å². The second-order valence-electron chi connectivity index (χ2n) is 6.61. The number of aromatic nitrogens is 1. The van der Waals surface area contributed by atoms with E-state index in [0.717, 1.165) is 5.56 Å². The summed E-state index contributed by atoms with van der Waals surface area (Å²) in [6.45, 7) is -0.264. The number of amides is 2. The summed E-state index contributed by atoms with van der Waals surface area (Å²) in [6.07, 6.45) is 0.257. The largest absolute Gasteiger partial charge is 0.467 e. The number of nitrogens with two attached hydrogens (primary N) is 1. The third-order valence-electron chi connectivity index (χ3n) is 4.63. The molecule has 4 N–H and O–H groups in total. The van der Waals surface area contributed by atoms with Gasteiger partial charge in [0.25, 0.3) is 5.56 Å². The van der Waals surface area contributed by atoms with Gasteiger partial charge in [0.2, 0.25) is 11.8 Å². The Morgan fingerprint density at radius 3 is 2.63 bits per heavy atom. The summed E-state index contributed by atoms with van der Waals surface area (Å²) in [7, 11) is 1.25. The van der Waals surface area contributed by atoms with Crippen LogP contribution in [-0.2, 0) is 25.5 Å². The molecule has 1 aliphatic rings. The second kappa shape index (κ2) is 9.59. The number of nitrogens with one attached hydrogen (secondary N) is 2. The van der Waals surface area contributed by atoms with Gasteiger partial charge in [-0.05, 0) is 17.7 Å². The van der Waals surface area contributed by atoms with E-state index in [2.05, 4.69) is 10.6 Å². The van der Waals surface area contributed by atoms with Crippen molar-refractivity contribution in [2.75, 3.05) is 24.7 Å². The molecule has 0 saturated heterocycles. The average Bonchev–Trinajstić information content (AvgIpc) is 3.20. The third kappa shape index (κ3) is 4.71. The first kappa shape index (κ1) is 21.6. The van der Waals surface area contributed by atoms with Crippen LogP contribution in [0.2, 0.25) is 0 Å². The number of fused-ring (bicyclic) bond motifs is 1. The summed E-state index contributed by atoms with van der Waals surface area (Å²) in [5, 5.41) is 5.74. The number of ether oxygens (including phenoxy) is 1. The summed E-state index contributed by atoms with van der Waals surface area (Å²) in [6, 6.07) is 10.7. The lowest BCUT2D eigenvalue weighted by atomic mass is 10.1. The Hall–Kier alpha value is -3.11. The second-order valence-corrected chi connectivity index (χ2v) is 7.65. The van der Waals surface area contributed by atoms with Gasteiger partial charge in [0, 0.05) is 12.2 Å². The average molecular weight is 430 g/mol. The number of rotatable bonds is 7. The molecule has 1 aromatic heterocycles. The number of thioether (sulfide) groups is 1. The van der Waals surface area contributed by atoms with E-state index in [0.29, 0.717) is 10.8 Å². The van der Waals surface area contributed by atoms with Gasteiger partial charge in [0.1, 0.15) is 17.8 Å². The lowest BCUT2D eigenvalue weighted by Gasteiger charge is -2.20. The zero-order chi connectivity index (χ0) is 21.7. The Kier molecular flexibility index (Phi) is 6.91. The van der Waals surface area contributed by atoms with Gasteiger partial charge in [0.15, 0.2) is 0 Å². The van der Waals surface area contributed by atoms with Gasteiger partial charge in [-0.3, -0.25) is 19.0 Å². The van der Waals surface area contributed by atoms with Gasteiger partial charge in [-0.1, -0.05) is 30.3 Å². The quantitative estimate of drug-likeness (QED) is 0.538. The number of methoxy groups -OCH3 is 1. The topological polar surface area (TPSA) is 133 Å². The van der Waals surface area contributed by atoms with Crippen LogP contribution in [0.3, 0.4) is 0 Å². The molecule has 10 heteroatoms. The molecule has 3 rings (SSSR count). The predicted molar refractivity (Wildman–Crippen MR) is 112 cm³/mol. The van der Waals surface area contributed by atoms with Gasteiger partial charge in [-0.25, -0.2) is 4.79 Å². The van der Waals surface area contributed by atoms with E-state index in [9.17, 15) is 19.2 Å². The molecule has 0 saturated carbocycles. The molecule has 0 bridgehead atoms. The number of anilines is 1. The van der Waals surface area contributed by atoms with E-state index in [1.54, 1.807) is 6.07 Å². The monoisotopic (exact) mass is 430 g/mol. The van der Waals surface area contributed by atoms with E-state index >= 15 is 0 Å². The van der Waals surface area contributed by atoms with Crippen molar-refractivity contribution >= 4 is 35.2 Å². The molecule has 0 unspecified atom stereocenters. The van der Waals surface area contributed by atoms with E-state index in [1.165, 1.54) is 29.5 Å². The summed E-state index contributed by atoms with van der Waals surface area (Å²) < 4.78 is 6.15. The first-order valence-corrected chi connectivity index (χ1v) is 10.2. The number of carbonyl (C=O) groups excluding carboxylic acids is 3. The zero-order valence-corrected chi connectivity index (χ0v) is 17.1. The van der Waals surface area contributed by atoms with Crippen molar-refractivity contribution in [1.29, 1.82) is 0 Å². The first-order chi connectivity index (χ1) is 14.4. The van der Waals surface area contributed by atoms with E-state index in [1.807, 2.05) is 30.3 Å². The molecule has 0 radical (unpaired) electrons. The van der Waals surface area contributed by atoms with Crippen LogP contribution in [-0.4, -0.2) is 47.8 Å². The Morgan fingerprint density at radius 1 is 1.23 bits per heavy atom. The SMILES string of the molecule is COC(=O)[C@H](Cc1ccccc1)NC(=O)[C@@H]1CSc2ccc(NC(=O)CN)c(=O)n21. The highest BCUT2D eigenvalue weighted by atomic mass is 32.2. The molecule has 2 atom stereocenters. The van der Waals surface area contributed by atoms with Crippen LogP contribution in [0.1, 0.15) is 11.6 Å². The summed E-state index contributed by atoms with van der Waals surface area (Å²) in [4.78, 5) is 49.6. The Bertz CT molecular complexity index is 1010. The van der Waals surface area contributed by atoms with Crippen molar-refractivity contribution < 1.29 is 19.1 Å². The maximum absolute atomic E-state index is 13.0. The van der Waals surface area contributed by atoms with Crippen molar-refractivity contribution in [1.82, 2.24) is 9.88 Å². The molecule has 2 amide bonds. The molecule has 0 aliphatic carbocycles. The molecular weight excluding hydrogens is 408 g/mol. The molecule has 30 heavy (non-hydrogen) atoms. The molecule has 1 aliphatic heterocycles. The normalized spacial score (nSPS) is 15.7. The highest BCUT2D eigenvalue weighted by Gasteiger charge is 2.33. The fourth-order valence-corrected chi connectivity index (χ4v) is 4.27. The van der Waals surface area contributed by atoms with E-state index in [-0.39, 0.29) is 18.7 Å². The highest BCUT2D eigenvalue weighted by Crippen LogP contribution is 2.32. The van der Waals surface area contributed by atoms with Crippen molar-refractivity contribution in [3.8, 4) is 0 Å². The molecule has 0 spiro atoms. The number of hydrogen-bond acceptors (Lipinski definition) is 7. The molecule has 0 fully saturated rings. The van der Waals surface area contributed by atoms with Crippen molar-refractivity contribution in [3.05, 3.63) is 58.4 Å². The maximum Gasteiger partial charge on any atom is 0.328 e. The number of nitrogens with zero attached hydrogens (tertiary/aromatic N) is 1. The van der Waals surface area contributed by atoms with Gasteiger partial charge < -0.3 is 21.1 Å². The lowest BCUT2D eigenvalue weighted by molar-refractivity contribution is -0.145. The van der Waals surface area contributed by atoms with Gasteiger partial charge in [0.05, 0.1) is 18.7 Å². The standard InChI is InChI=1S/C20H22N4O5S/c1-29-20(28)14(9-12-5-3-2-4-6-12)23-18(26)15-11-30-17-8-7-13(19(27)24(15)17)22-16(25)10-21/h2-8,14-15H,9-11,21H2,1H3,(H,22,25)(H,23,26)/t14-,15-/m0/s1. The van der Waals surface area contributed by atoms with E-state index in [4.69, 9.17) is 10.5 Å². The Balaban J connectivity index is 1.82. The lowest BCUT2D eigenvalue weighted by Crippen LogP contribution is -2.47. The number of hydrogen-bond donors (Lipinski definition) is 3. The number of esters is 1. The summed E-state index contributed by atoms with van der Waals surface area (Å²) in [5.41, 5.74) is 5.69. The molecule has 2 aromatic rings. The van der Waals surface area contributed by atoms with Gasteiger partial charge in [-0.2, -0.15) is 0 Å². The molecular formula is C20H22N4O5S. The van der Waals surface area contributed by atoms with Crippen LogP contribution >= 0.6 is 11.8 Å². The maximum atomic E-state index is 13.0. The minimum Gasteiger partial charge on any atom is -0.467 e. The Labute approximate surface area is 177 Å². The van der Waals surface area contributed by atoms with Crippen LogP contribution in [0, 0.1) is 0 Å². The van der Waals surface area contributed by atoms with Crippen LogP contribution in [0.15, 0.2) is 52.3 Å². The highest BCUT2D eigenvalue weighted by molar-refractivity contribution is 7.99. The molecule has 2 heterocycles. The first-order valence-electron chi connectivity index (χ1n) is 9.25. The molecule has 158 valence electrons.